The molecule has 4 N–H and O–H groups in total. The highest BCUT2D eigenvalue weighted by molar-refractivity contribution is 5.95. The summed E-state index contributed by atoms with van der Waals surface area (Å²) in [7, 11) is 6.21. The van der Waals surface area contributed by atoms with Gasteiger partial charge in [0.05, 0.1) is 49.9 Å². The lowest BCUT2D eigenvalue weighted by Gasteiger charge is -2.30. The van der Waals surface area contributed by atoms with Gasteiger partial charge in [0.1, 0.15) is 11.4 Å². The lowest BCUT2D eigenvalue weighted by Crippen LogP contribution is -2.36. The van der Waals surface area contributed by atoms with E-state index in [9.17, 15) is 22.8 Å². The Morgan fingerprint density at radius 1 is 1.14 bits per heavy atom. The van der Waals surface area contributed by atoms with E-state index in [4.69, 9.17) is 4.74 Å². The number of alkyl halides is 3. The first-order chi connectivity index (χ1) is 20.5. The first kappa shape index (κ1) is 31.3. The van der Waals surface area contributed by atoms with E-state index in [0.717, 1.165) is 25.9 Å². The van der Waals surface area contributed by atoms with Crippen molar-refractivity contribution in [3.05, 3.63) is 47.4 Å². The summed E-state index contributed by atoms with van der Waals surface area (Å²) in [4.78, 5) is 30.6. The number of anilines is 3. The minimum absolute atomic E-state index is 0.0392. The number of imidazole rings is 1. The molecule has 2 aromatic heterocycles. The van der Waals surface area contributed by atoms with E-state index < -0.39 is 18.7 Å². The van der Waals surface area contributed by atoms with Gasteiger partial charge in [0.2, 0.25) is 0 Å². The van der Waals surface area contributed by atoms with Crippen molar-refractivity contribution in [3.63, 3.8) is 0 Å². The number of amides is 2. The Bertz CT molecular complexity index is 1540. The molecule has 0 atom stereocenters. The topological polar surface area (TPSA) is 121 Å². The van der Waals surface area contributed by atoms with Crippen LogP contribution in [0.5, 0.6) is 5.75 Å². The molecule has 4 rings (SSSR count). The predicted molar refractivity (Wildman–Crippen MR) is 157 cm³/mol. The smallest absolute Gasteiger partial charge is 0.411 e. The molecular formula is C29H34F3N7O4. The van der Waals surface area contributed by atoms with Crippen molar-refractivity contribution in [2.24, 2.45) is 0 Å². The quantitative estimate of drug-likeness (QED) is 0.287. The van der Waals surface area contributed by atoms with Crippen molar-refractivity contribution in [1.29, 1.82) is 0 Å². The molecule has 14 heteroatoms. The molecule has 0 saturated carbocycles. The second kappa shape index (κ2) is 13.6. The van der Waals surface area contributed by atoms with Crippen LogP contribution in [0.4, 0.5) is 35.0 Å². The normalized spacial score (nSPS) is 14.0. The number of fused-ring (bicyclic) bond motifs is 1. The molecule has 230 valence electrons. The molecule has 1 aromatic carbocycles. The average molecular weight is 602 g/mol. The Morgan fingerprint density at radius 3 is 2.53 bits per heavy atom. The van der Waals surface area contributed by atoms with Crippen LogP contribution in [0, 0.1) is 11.8 Å². The first-order valence-corrected chi connectivity index (χ1v) is 13.6. The number of hydrogen-bond donors (Lipinski definition) is 4. The number of aromatic nitrogens is 2. The zero-order valence-electron chi connectivity index (χ0n) is 24.3. The standard InChI is InChI=1S/C29H34F3N7O4/c1-33-27(40)18-7-8-22(25(14-18)42-3)34-11-5-6-21-24(16-29(30,31)32)39-17-20(36-28(41)43-4)15-23(26(39)37-21)35-19-9-12-38(2)13-10-19/h7-8,14-15,17,19,34-35H,9-13,16H2,1-4H3,(H,33,40)(H,36,41). The predicted octanol–water partition coefficient (Wildman–Crippen LogP) is 3.96. The first-order valence-electron chi connectivity index (χ1n) is 13.6. The van der Waals surface area contributed by atoms with Crippen molar-refractivity contribution in [1.82, 2.24) is 19.6 Å². The monoisotopic (exact) mass is 601 g/mol. The largest absolute Gasteiger partial charge is 0.495 e. The van der Waals surface area contributed by atoms with Crippen LogP contribution in [0.3, 0.4) is 0 Å². The number of hydrogen-bond acceptors (Lipinski definition) is 8. The van der Waals surface area contributed by atoms with Gasteiger partial charge in [-0.2, -0.15) is 13.2 Å². The van der Waals surface area contributed by atoms with Crippen molar-refractivity contribution < 1.29 is 32.2 Å². The average Bonchev–Trinajstić information content (AvgIpc) is 3.31. The third kappa shape index (κ3) is 8.01. The highest BCUT2D eigenvalue weighted by Gasteiger charge is 2.32. The molecule has 43 heavy (non-hydrogen) atoms. The summed E-state index contributed by atoms with van der Waals surface area (Å²) >= 11 is 0. The van der Waals surface area contributed by atoms with Gasteiger partial charge in [-0.15, -0.1) is 0 Å². The molecule has 0 radical (unpaired) electrons. The molecule has 0 aliphatic carbocycles. The molecular weight excluding hydrogens is 567 g/mol. The molecule has 0 bridgehead atoms. The van der Waals surface area contributed by atoms with Crippen molar-refractivity contribution in [2.75, 3.05) is 63.9 Å². The maximum Gasteiger partial charge on any atom is 0.411 e. The SMILES string of the molecule is CNC(=O)c1ccc(NCC#Cc2nc3c(NC4CCN(C)CC4)cc(NC(=O)OC)cn3c2CC(F)(F)F)c(OC)c1. The number of halogens is 3. The lowest BCUT2D eigenvalue weighted by molar-refractivity contribution is -0.128. The number of piperidine rings is 1. The van der Waals surface area contributed by atoms with Crippen LogP contribution in [0.25, 0.3) is 5.65 Å². The molecule has 0 unspecified atom stereocenters. The summed E-state index contributed by atoms with van der Waals surface area (Å²) in [5.41, 5.74) is 1.73. The number of nitrogens with zero attached hydrogens (tertiary/aromatic N) is 3. The molecule has 0 spiro atoms. The Kier molecular flexibility index (Phi) is 9.87. The minimum Gasteiger partial charge on any atom is -0.495 e. The summed E-state index contributed by atoms with van der Waals surface area (Å²) in [6, 6.07) is 6.53. The molecule has 1 aliphatic rings. The van der Waals surface area contributed by atoms with Crippen LogP contribution in [0.2, 0.25) is 0 Å². The van der Waals surface area contributed by atoms with E-state index in [2.05, 4.69) is 47.7 Å². The van der Waals surface area contributed by atoms with Gasteiger partial charge in [0.25, 0.3) is 5.91 Å². The van der Waals surface area contributed by atoms with E-state index in [0.29, 0.717) is 22.7 Å². The van der Waals surface area contributed by atoms with Gasteiger partial charge in [-0.05, 0) is 63.2 Å². The van der Waals surface area contributed by atoms with Crippen LogP contribution in [-0.2, 0) is 11.2 Å². The summed E-state index contributed by atoms with van der Waals surface area (Å²) < 4.78 is 52.6. The van der Waals surface area contributed by atoms with Crippen molar-refractivity contribution in [2.45, 2.75) is 31.5 Å². The van der Waals surface area contributed by atoms with Gasteiger partial charge < -0.3 is 30.3 Å². The Hall–Kier alpha value is -4.64. The van der Waals surface area contributed by atoms with Gasteiger partial charge in [-0.1, -0.05) is 5.92 Å². The third-order valence-electron chi connectivity index (χ3n) is 6.96. The van der Waals surface area contributed by atoms with Gasteiger partial charge in [0.15, 0.2) is 5.65 Å². The fourth-order valence-corrected chi connectivity index (χ4v) is 4.76. The fraction of sp³-hybridized carbons (Fsp3) is 0.414. The van der Waals surface area contributed by atoms with Gasteiger partial charge in [-0.3, -0.25) is 14.5 Å². The number of nitrogens with one attached hydrogen (secondary N) is 4. The van der Waals surface area contributed by atoms with E-state index >= 15 is 0 Å². The molecule has 3 aromatic rings. The van der Waals surface area contributed by atoms with E-state index in [1.807, 2.05) is 7.05 Å². The third-order valence-corrected chi connectivity index (χ3v) is 6.96. The van der Waals surface area contributed by atoms with E-state index in [-0.39, 0.29) is 41.2 Å². The van der Waals surface area contributed by atoms with Crippen molar-refractivity contribution in [3.8, 4) is 17.6 Å². The van der Waals surface area contributed by atoms with Crippen LogP contribution in [0.15, 0.2) is 30.5 Å². The van der Waals surface area contributed by atoms with Crippen LogP contribution < -0.4 is 26.0 Å². The fourth-order valence-electron chi connectivity index (χ4n) is 4.76. The second-order valence-corrected chi connectivity index (χ2v) is 10.0. The molecule has 2 amide bonds. The number of pyridine rings is 1. The van der Waals surface area contributed by atoms with Crippen LogP contribution in [0.1, 0.15) is 34.6 Å². The number of benzene rings is 1. The van der Waals surface area contributed by atoms with Gasteiger partial charge >= 0.3 is 12.3 Å². The van der Waals surface area contributed by atoms with Crippen LogP contribution >= 0.6 is 0 Å². The maximum atomic E-state index is 13.8. The van der Waals surface area contributed by atoms with E-state index in [1.54, 1.807) is 24.3 Å². The zero-order valence-corrected chi connectivity index (χ0v) is 24.3. The van der Waals surface area contributed by atoms with Gasteiger partial charge in [0, 0.05) is 24.8 Å². The number of methoxy groups -OCH3 is 2. The summed E-state index contributed by atoms with van der Waals surface area (Å²) in [6.45, 7) is 1.79. The van der Waals surface area contributed by atoms with Crippen molar-refractivity contribution >= 4 is 34.7 Å². The van der Waals surface area contributed by atoms with E-state index in [1.165, 1.54) is 31.9 Å². The zero-order chi connectivity index (χ0) is 31.1. The molecule has 3 heterocycles. The molecule has 1 fully saturated rings. The van der Waals surface area contributed by atoms with Crippen LogP contribution in [-0.4, -0.2) is 86.5 Å². The molecule has 11 nitrogen and oxygen atoms in total. The summed E-state index contributed by atoms with van der Waals surface area (Å²) in [5.74, 6) is 5.76. The summed E-state index contributed by atoms with van der Waals surface area (Å²) in [5, 5.41) is 11.6. The Labute approximate surface area is 247 Å². The number of ether oxygens (including phenoxy) is 2. The lowest BCUT2D eigenvalue weighted by atomic mass is 10.1. The highest BCUT2D eigenvalue weighted by atomic mass is 19.4. The Balaban J connectivity index is 1.69. The molecule has 1 saturated heterocycles. The number of carbonyl (C=O) groups excluding carboxylic acids is 2. The maximum absolute atomic E-state index is 13.8. The highest BCUT2D eigenvalue weighted by Crippen LogP contribution is 2.31. The minimum atomic E-state index is -4.54. The number of likely N-dealkylation sites (tertiary alicyclic amines) is 1. The van der Waals surface area contributed by atoms with Gasteiger partial charge in [-0.25, -0.2) is 9.78 Å². The summed E-state index contributed by atoms with van der Waals surface area (Å²) in [6.07, 6.45) is -3.54. The number of carbonyl (C=O) groups is 2. The second-order valence-electron chi connectivity index (χ2n) is 10.0. The molecule has 1 aliphatic heterocycles. The Morgan fingerprint density at radius 2 is 1.88 bits per heavy atom. The number of rotatable bonds is 8.